The third-order valence-corrected chi connectivity index (χ3v) is 6.00. The number of alkyl halides is 1. The Morgan fingerprint density at radius 1 is 0.968 bits per heavy atom. The fraction of sp³-hybridized carbons (Fsp3) is 0.385. The van der Waals surface area contributed by atoms with Crippen LogP contribution in [0.25, 0.3) is 11.1 Å². The van der Waals surface area contributed by atoms with Gasteiger partial charge in [-0.3, -0.25) is 0 Å². The van der Waals surface area contributed by atoms with Crippen molar-refractivity contribution in [1.29, 1.82) is 0 Å². The molecule has 2 rings (SSSR count). The first-order valence-electron chi connectivity index (χ1n) is 10.7. The van der Waals surface area contributed by atoms with Gasteiger partial charge >= 0.3 is 0 Å². The molecule has 0 aliphatic heterocycles. The van der Waals surface area contributed by atoms with Gasteiger partial charge in [0, 0.05) is 38.6 Å². The van der Waals surface area contributed by atoms with Crippen molar-refractivity contribution in [3.63, 3.8) is 0 Å². The van der Waals surface area contributed by atoms with Crippen molar-refractivity contribution in [2.24, 2.45) is 5.73 Å². The van der Waals surface area contributed by atoms with Crippen LogP contribution in [0, 0.1) is 13.8 Å². The maximum absolute atomic E-state index is 6.46. The van der Waals surface area contributed by atoms with E-state index in [-0.39, 0.29) is 6.04 Å². The molecule has 1 unspecified atom stereocenters. The van der Waals surface area contributed by atoms with Crippen LogP contribution in [0.3, 0.4) is 0 Å². The van der Waals surface area contributed by atoms with Crippen LogP contribution in [0.1, 0.15) is 54.1 Å². The molecule has 0 aromatic carbocycles. The Hall–Kier alpha value is -1.59. The van der Waals surface area contributed by atoms with Crippen molar-refractivity contribution in [2.75, 3.05) is 13.4 Å². The zero-order valence-corrected chi connectivity index (χ0v) is 23.1. The number of nitrogens with one attached hydrogen (secondary N) is 1. The van der Waals surface area contributed by atoms with Crippen molar-refractivity contribution in [3.8, 4) is 0 Å². The Kier molecular flexibility index (Phi) is 19.5. The minimum absolute atomic E-state index is 0.226. The van der Waals surface area contributed by atoms with Crippen molar-refractivity contribution >= 4 is 45.4 Å². The van der Waals surface area contributed by atoms with E-state index < -0.39 is 0 Å². The standard InChI is InChI=1S/C21H26N2S2.2C2H6.CH3Cl/c1-6-16(20-10-8-14(3)24-20)12-18(22)19(23-5)13-17(7-2)21-11-9-15(4)25-21;3*1-2/h6-13,18,23H,1,22H2,2-5H3;2*1-2H3;1H3/b16-12+,17-7+,19-13-;;;. The van der Waals surface area contributed by atoms with Gasteiger partial charge in [0.15, 0.2) is 0 Å². The second-order valence-corrected chi connectivity index (χ2v) is 8.34. The number of rotatable bonds is 7. The summed E-state index contributed by atoms with van der Waals surface area (Å²) < 4.78 is 0. The van der Waals surface area contributed by atoms with Gasteiger partial charge in [0.05, 0.1) is 6.04 Å². The molecule has 1 atom stereocenters. The van der Waals surface area contributed by atoms with Crippen LogP contribution in [0.2, 0.25) is 0 Å². The van der Waals surface area contributed by atoms with Gasteiger partial charge in [-0.05, 0) is 62.3 Å². The Morgan fingerprint density at radius 2 is 1.42 bits per heavy atom. The highest BCUT2D eigenvalue weighted by atomic mass is 35.5. The maximum atomic E-state index is 6.46. The van der Waals surface area contributed by atoms with Gasteiger partial charge in [-0.25, -0.2) is 0 Å². The third kappa shape index (κ3) is 11.0. The van der Waals surface area contributed by atoms with Crippen molar-refractivity contribution in [3.05, 3.63) is 80.4 Å². The average Bonchev–Trinajstić information content (AvgIpc) is 3.45. The van der Waals surface area contributed by atoms with Crippen molar-refractivity contribution in [1.82, 2.24) is 5.32 Å². The summed E-state index contributed by atoms with van der Waals surface area (Å²) in [6, 6.07) is 8.31. The normalized spacial score (nSPS) is 12.3. The lowest BCUT2D eigenvalue weighted by atomic mass is 10.1. The number of allylic oxidation sites excluding steroid dienone is 5. The van der Waals surface area contributed by atoms with E-state index in [1.54, 1.807) is 22.7 Å². The molecule has 0 amide bonds. The zero-order chi connectivity index (χ0) is 24.4. The average molecular weight is 481 g/mol. The second kappa shape index (κ2) is 19.1. The van der Waals surface area contributed by atoms with Crippen LogP contribution in [0.5, 0.6) is 0 Å². The van der Waals surface area contributed by atoms with Crippen molar-refractivity contribution in [2.45, 2.75) is 54.5 Å². The van der Waals surface area contributed by atoms with E-state index in [0.717, 1.165) is 11.3 Å². The Balaban J connectivity index is 0. The second-order valence-electron chi connectivity index (χ2n) is 5.77. The van der Waals surface area contributed by atoms with E-state index in [9.17, 15) is 0 Å². The molecule has 0 spiro atoms. The molecule has 3 N–H and O–H groups in total. The summed E-state index contributed by atoms with van der Waals surface area (Å²) in [6.45, 7) is 18.2. The van der Waals surface area contributed by atoms with Gasteiger partial charge in [0.1, 0.15) is 0 Å². The number of halogens is 1. The molecule has 2 heterocycles. The molecular formula is C26H41ClN2S2. The summed E-state index contributed by atoms with van der Waals surface area (Å²) >= 11 is 8.19. The van der Waals surface area contributed by atoms with E-state index in [2.05, 4.69) is 86.8 Å². The van der Waals surface area contributed by atoms with E-state index in [4.69, 9.17) is 5.73 Å². The molecule has 2 aromatic heterocycles. The number of hydrogen-bond donors (Lipinski definition) is 2. The molecule has 5 heteroatoms. The first-order chi connectivity index (χ1) is 15.0. The predicted molar refractivity (Wildman–Crippen MR) is 150 cm³/mol. The predicted octanol–water partition coefficient (Wildman–Crippen LogP) is 8.44. The molecule has 174 valence electrons. The maximum Gasteiger partial charge on any atom is 0.0639 e. The monoisotopic (exact) mass is 480 g/mol. The first kappa shape index (κ1) is 31.6. The molecule has 0 fully saturated rings. The van der Waals surface area contributed by atoms with E-state index in [0.29, 0.717) is 0 Å². The summed E-state index contributed by atoms with van der Waals surface area (Å²) in [6.07, 6.45) is 9.66. The molecule has 0 saturated heterocycles. The fourth-order valence-corrected chi connectivity index (χ4v) is 4.31. The topological polar surface area (TPSA) is 38.0 Å². The summed E-state index contributed by atoms with van der Waals surface area (Å²) in [4.78, 5) is 5.03. The number of likely N-dealkylation sites (N-methyl/N-ethyl adjacent to an activating group) is 1. The van der Waals surface area contributed by atoms with E-state index in [1.165, 1.54) is 31.5 Å². The minimum Gasteiger partial charge on any atom is -0.390 e. The Morgan fingerprint density at radius 3 is 1.74 bits per heavy atom. The largest absolute Gasteiger partial charge is 0.390 e. The van der Waals surface area contributed by atoms with E-state index in [1.807, 2.05) is 40.8 Å². The highest BCUT2D eigenvalue weighted by molar-refractivity contribution is 7.13. The van der Waals surface area contributed by atoms with Crippen LogP contribution >= 0.6 is 34.3 Å². The molecule has 0 saturated carbocycles. The highest BCUT2D eigenvalue weighted by Gasteiger charge is 2.10. The lowest BCUT2D eigenvalue weighted by molar-refractivity contribution is 0.832. The molecule has 2 nitrogen and oxygen atoms in total. The summed E-state index contributed by atoms with van der Waals surface area (Å²) in [7, 11) is 1.91. The minimum atomic E-state index is -0.226. The Bertz CT molecular complexity index is 826. The molecule has 31 heavy (non-hydrogen) atoms. The first-order valence-corrected chi connectivity index (χ1v) is 13.0. The van der Waals surface area contributed by atoms with Gasteiger partial charge in [-0.1, -0.05) is 52.5 Å². The highest BCUT2D eigenvalue weighted by Crippen LogP contribution is 2.27. The molecule has 0 aliphatic carbocycles. The molecule has 0 aliphatic rings. The number of hydrogen-bond acceptors (Lipinski definition) is 4. The van der Waals surface area contributed by atoms with Crippen LogP contribution in [-0.4, -0.2) is 19.5 Å². The van der Waals surface area contributed by atoms with Gasteiger partial charge < -0.3 is 11.1 Å². The Labute approximate surface area is 204 Å². The number of thiophene rings is 2. The summed E-state index contributed by atoms with van der Waals surface area (Å²) in [5.41, 5.74) is 9.69. The molecule has 0 bridgehead atoms. The van der Waals surface area contributed by atoms with E-state index >= 15 is 0 Å². The number of aryl methyl sites for hydroxylation is 2. The SMILES string of the molecule is C=C/C(=C\C(N)/C(=C/C(=C\C)c1ccc(C)s1)NC)c1ccc(C)s1.CC.CC.CCl. The lowest BCUT2D eigenvalue weighted by Crippen LogP contribution is -2.28. The van der Waals surface area contributed by atoms with Crippen LogP contribution in [0.4, 0.5) is 0 Å². The van der Waals surface area contributed by atoms with Crippen LogP contribution in [-0.2, 0) is 0 Å². The summed E-state index contributed by atoms with van der Waals surface area (Å²) in [5.74, 6) is 0. The molecular weight excluding hydrogens is 440 g/mol. The van der Waals surface area contributed by atoms with Gasteiger partial charge in [0.2, 0.25) is 0 Å². The number of nitrogens with two attached hydrogens (primary N) is 1. The smallest absolute Gasteiger partial charge is 0.0639 e. The van der Waals surface area contributed by atoms with Gasteiger partial charge in [0.25, 0.3) is 0 Å². The van der Waals surface area contributed by atoms with Crippen LogP contribution in [0.15, 0.2) is 60.8 Å². The van der Waals surface area contributed by atoms with Crippen molar-refractivity contribution < 1.29 is 0 Å². The lowest BCUT2D eigenvalue weighted by Gasteiger charge is -2.14. The zero-order valence-electron chi connectivity index (χ0n) is 20.7. The summed E-state index contributed by atoms with van der Waals surface area (Å²) in [5, 5.41) is 3.25. The van der Waals surface area contributed by atoms with Gasteiger partial charge in [-0.2, -0.15) is 0 Å². The third-order valence-electron chi connectivity index (χ3n) is 3.90. The van der Waals surface area contributed by atoms with Gasteiger partial charge in [-0.15, -0.1) is 34.3 Å². The molecule has 0 radical (unpaired) electrons. The molecule has 2 aromatic rings. The quantitative estimate of drug-likeness (QED) is 0.308. The van der Waals surface area contributed by atoms with Crippen LogP contribution < -0.4 is 11.1 Å². The fourth-order valence-electron chi connectivity index (χ4n) is 2.51.